The molecule has 0 aliphatic carbocycles. The summed E-state index contributed by atoms with van der Waals surface area (Å²) in [6.45, 7) is 7.40. The van der Waals surface area contributed by atoms with Gasteiger partial charge in [0, 0.05) is 5.38 Å². The molecule has 14 nitrogen and oxygen atoms in total. The van der Waals surface area contributed by atoms with Gasteiger partial charge < -0.3 is 23.7 Å². The summed E-state index contributed by atoms with van der Waals surface area (Å²) in [4.78, 5) is 65.3. The molecule has 2 unspecified atom stereocenters. The Hall–Kier alpha value is -3.62. The van der Waals surface area contributed by atoms with Gasteiger partial charge >= 0.3 is 30.0 Å². The molecule has 15 heteroatoms. The van der Waals surface area contributed by atoms with E-state index in [2.05, 4.69) is 20.1 Å². The third-order valence-electron chi connectivity index (χ3n) is 4.73. The van der Waals surface area contributed by atoms with Crippen molar-refractivity contribution >= 4 is 47.2 Å². The molecule has 0 spiro atoms. The van der Waals surface area contributed by atoms with Crippen LogP contribution in [0.15, 0.2) is 10.5 Å². The van der Waals surface area contributed by atoms with Crippen LogP contribution in [-0.4, -0.2) is 78.8 Å². The molecule has 0 aromatic carbocycles. The van der Waals surface area contributed by atoms with Gasteiger partial charge in [-0.1, -0.05) is 4.49 Å². The van der Waals surface area contributed by atoms with Gasteiger partial charge in [0.2, 0.25) is 5.41 Å². The van der Waals surface area contributed by atoms with E-state index in [1.54, 1.807) is 20.8 Å². The van der Waals surface area contributed by atoms with Crippen molar-refractivity contribution in [2.24, 2.45) is 16.4 Å². The molecule has 0 fully saturated rings. The highest BCUT2D eigenvalue weighted by atomic mass is 32.1. The Morgan fingerprint density at radius 2 is 1.61 bits per heavy atom. The molecule has 0 aliphatic heterocycles. The first-order chi connectivity index (χ1) is 16.8. The number of hydrazone groups is 1. The third-order valence-corrected chi connectivity index (χ3v) is 5.25. The summed E-state index contributed by atoms with van der Waals surface area (Å²) in [5.74, 6) is -8.77. The number of ether oxygens (including phenoxy) is 5. The maximum Gasteiger partial charge on any atom is 0.428 e. The van der Waals surface area contributed by atoms with E-state index in [4.69, 9.17) is 23.7 Å². The van der Waals surface area contributed by atoms with E-state index in [1.807, 2.05) is 0 Å². The van der Waals surface area contributed by atoms with E-state index >= 15 is 0 Å². The number of aromatic nitrogens is 2. The fraction of sp³-hybridized carbons (Fsp3) is 0.619. The SMILES string of the molecule is CCOC(=O)C(/C(C)=N/NC(=O)OC(C)(C)C)C(C(=O)OC)(C(=O)OC)C(C(=O)OC)c1csnn1. The maximum atomic E-state index is 13.4. The summed E-state index contributed by atoms with van der Waals surface area (Å²) in [5.41, 5.74) is -2.04. The second-order valence-electron chi connectivity index (χ2n) is 8.19. The number of carbonyl (C=O) groups is 5. The van der Waals surface area contributed by atoms with E-state index in [9.17, 15) is 24.0 Å². The van der Waals surface area contributed by atoms with Gasteiger partial charge in [0.25, 0.3) is 0 Å². The normalized spacial score (nSPS) is 13.6. The molecule has 1 aromatic heterocycles. The van der Waals surface area contributed by atoms with Crippen molar-refractivity contribution in [2.45, 2.75) is 46.1 Å². The molecule has 0 radical (unpaired) electrons. The molecule has 1 amide bonds. The molecule has 36 heavy (non-hydrogen) atoms. The Morgan fingerprint density at radius 3 is 2.03 bits per heavy atom. The summed E-state index contributed by atoms with van der Waals surface area (Å²) in [6.07, 6.45) is -0.987. The number of esters is 4. The zero-order valence-corrected chi connectivity index (χ0v) is 22.1. The molecule has 1 heterocycles. The summed E-state index contributed by atoms with van der Waals surface area (Å²) < 4.78 is 28.6. The van der Waals surface area contributed by atoms with Gasteiger partial charge in [-0.25, -0.2) is 10.2 Å². The number of amides is 1. The molecule has 0 saturated carbocycles. The van der Waals surface area contributed by atoms with Gasteiger partial charge in [0.1, 0.15) is 17.4 Å². The average Bonchev–Trinajstić information content (AvgIpc) is 3.34. The number of hydrogen-bond donors (Lipinski definition) is 1. The zero-order valence-electron chi connectivity index (χ0n) is 21.3. The van der Waals surface area contributed by atoms with Gasteiger partial charge in [-0.15, -0.1) is 5.10 Å². The first-order valence-corrected chi connectivity index (χ1v) is 11.4. The summed E-state index contributed by atoms with van der Waals surface area (Å²) >= 11 is 0.816. The lowest BCUT2D eigenvalue weighted by Crippen LogP contribution is -2.58. The molecular weight excluding hydrogens is 500 g/mol. The summed E-state index contributed by atoms with van der Waals surface area (Å²) in [6, 6.07) is 0. The standard InChI is InChI=1S/C21H30N4O10S/c1-9-34-16(27)13(11(2)22-24-19(30)35-20(3,4)5)21(17(28)32-7,18(29)33-8)14(15(26)31-6)12-10-36-25-23-12/h10,13-14H,9H2,1-8H3,(H,24,30)/b22-11+. The fourth-order valence-corrected chi connectivity index (χ4v) is 3.91. The lowest BCUT2D eigenvalue weighted by Gasteiger charge is -2.37. The van der Waals surface area contributed by atoms with Crippen molar-refractivity contribution in [1.82, 2.24) is 15.0 Å². The summed E-state index contributed by atoms with van der Waals surface area (Å²) in [7, 11) is 2.90. The number of hydrogen-bond acceptors (Lipinski definition) is 14. The molecule has 200 valence electrons. The number of nitrogens with zero attached hydrogens (tertiary/aromatic N) is 3. The highest BCUT2D eigenvalue weighted by Crippen LogP contribution is 2.46. The molecule has 1 N–H and O–H groups in total. The number of methoxy groups -OCH3 is 3. The Balaban J connectivity index is 3.97. The van der Waals surface area contributed by atoms with Crippen LogP contribution in [0.5, 0.6) is 0 Å². The van der Waals surface area contributed by atoms with Crippen LogP contribution in [0.1, 0.15) is 46.2 Å². The highest BCUT2D eigenvalue weighted by molar-refractivity contribution is 7.03. The van der Waals surface area contributed by atoms with E-state index in [1.165, 1.54) is 19.2 Å². The quantitative estimate of drug-likeness (QED) is 0.150. The van der Waals surface area contributed by atoms with Crippen LogP contribution in [0.4, 0.5) is 4.79 Å². The van der Waals surface area contributed by atoms with Crippen LogP contribution in [0.25, 0.3) is 0 Å². The Morgan fingerprint density at radius 1 is 1.03 bits per heavy atom. The van der Waals surface area contributed by atoms with Gasteiger partial charge in [0.05, 0.1) is 39.3 Å². The predicted molar refractivity (Wildman–Crippen MR) is 124 cm³/mol. The van der Waals surface area contributed by atoms with E-state index in [-0.39, 0.29) is 18.0 Å². The second-order valence-corrected chi connectivity index (χ2v) is 8.80. The minimum atomic E-state index is -2.78. The summed E-state index contributed by atoms with van der Waals surface area (Å²) in [5, 5.41) is 8.95. The first-order valence-electron chi connectivity index (χ1n) is 10.5. The predicted octanol–water partition coefficient (Wildman–Crippen LogP) is 1.21. The van der Waals surface area contributed by atoms with Crippen LogP contribution < -0.4 is 5.43 Å². The van der Waals surface area contributed by atoms with Crippen LogP contribution in [0.2, 0.25) is 0 Å². The minimum Gasteiger partial charge on any atom is -0.468 e. The van der Waals surface area contributed by atoms with Crippen molar-refractivity contribution in [2.75, 3.05) is 27.9 Å². The van der Waals surface area contributed by atoms with Gasteiger partial charge in [-0.05, 0) is 46.2 Å². The second kappa shape index (κ2) is 12.9. The Kier molecular flexibility index (Phi) is 10.9. The Labute approximate surface area is 211 Å². The zero-order chi connectivity index (χ0) is 27.7. The lowest BCUT2D eigenvalue weighted by atomic mass is 9.63. The average molecular weight is 531 g/mol. The van der Waals surface area contributed by atoms with Gasteiger partial charge in [0.15, 0.2) is 0 Å². The van der Waals surface area contributed by atoms with Gasteiger partial charge in [-0.3, -0.25) is 19.2 Å². The molecule has 0 saturated heterocycles. The van der Waals surface area contributed by atoms with Crippen molar-refractivity contribution in [3.8, 4) is 0 Å². The van der Waals surface area contributed by atoms with Crippen molar-refractivity contribution in [1.29, 1.82) is 0 Å². The molecule has 0 aliphatic rings. The first kappa shape index (κ1) is 30.4. The lowest BCUT2D eigenvalue weighted by molar-refractivity contribution is -0.184. The maximum absolute atomic E-state index is 13.4. The van der Waals surface area contributed by atoms with Crippen molar-refractivity contribution in [3.63, 3.8) is 0 Å². The monoisotopic (exact) mass is 530 g/mol. The topological polar surface area (TPSA) is 182 Å². The van der Waals surface area contributed by atoms with Crippen molar-refractivity contribution < 1.29 is 47.7 Å². The molecular formula is C21H30N4O10S. The number of carbonyl (C=O) groups excluding carboxylic acids is 5. The van der Waals surface area contributed by atoms with Gasteiger partial charge in [-0.2, -0.15) is 5.10 Å². The third kappa shape index (κ3) is 6.74. The van der Waals surface area contributed by atoms with Crippen LogP contribution in [-0.2, 0) is 42.9 Å². The Bertz CT molecular complexity index is 971. The van der Waals surface area contributed by atoms with Crippen LogP contribution in [0, 0.1) is 11.3 Å². The largest absolute Gasteiger partial charge is 0.468 e. The fourth-order valence-electron chi connectivity index (χ4n) is 3.43. The van der Waals surface area contributed by atoms with E-state index < -0.39 is 52.8 Å². The van der Waals surface area contributed by atoms with Crippen molar-refractivity contribution in [3.05, 3.63) is 11.1 Å². The molecule has 0 bridgehead atoms. The molecule has 1 aromatic rings. The number of nitrogens with one attached hydrogen (secondary N) is 1. The van der Waals surface area contributed by atoms with E-state index in [0.717, 1.165) is 32.9 Å². The smallest absolute Gasteiger partial charge is 0.428 e. The molecule has 2 atom stereocenters. The number of rotatable bonds is 10. The van der Waals surface area contributed by atoms with E-state index in [0.29, 0.717) is 0 Å². The minimum absolute atomic E-state index is 0.165. The van der Waals surface area contributed by atoms with Crippen LogP contribution in [0.3, 0.4) is 0 Å². The highest BCUT2D eigenvalue weighted by Gasteiger charge is 2.67. The van der Waals surface area contributed by atoms with Crippen LogP contribution >= 0.6 is 11.5 Å². The molecule has 1 rings (SSSR count).